The van der Waals surface area contributed by atoms with Gasteiger partial charge in [0.1, 0.15) is 5.65 Å². The lowest BCUT2D eigenvalue weighted by Crippen LogP contribution is -2.29. The first-order chi connectivity index (χ1) is 12.7. The Labute approximate surface area is 151 Å². The van der Waals surface area contributed by atoms with Crippen LogP contribution in [0.4, 0.5) is 11.6 Å². The Bertz CT molecular complexity index is 902. The predicted molar refractivity (Wildman–Crippen MR) is 98.9 cm³/mol. The first-order valence-corrected chi connectivity index (χ1v) is 9.04. The molecule has 0 amide bonds. The van der Waals surface area contributed by atoms with E-state index in [0.717, 1.165) is 42.0 Å². The first kappa shape index (κ1) is 16.8. The van der Waals surface area contributed by atoms with Crippen molar-refractivity contribution in [1.29, 1.82) is 0 Å². The summed E-state index contributed by atoms with van der Waals surface area (Å²) in [6.07, 6.45) is 4.64. The van der Waals surface area contributed by atoms with Gasteiger partial charge in [0.25, 0.3) is 0 Å². The van der Waals surface area contributed by atoms with Gasteiger partial charge in [-0.25, -0.2) is 0 Å². The van der Waals surface area contributed by atoms with Crippen LogP contribution in [-0.2, 0) is 4.74 Å². The van der Waals surface area contributed by atoms with E-state index in [4.69, 9.17) is 9.47 Å². The van der Waals surface area contributed by atoms with E-state index in [1.807, 2.05) is 25.4 Å². The van der Waals surface area contributed by atoms with E-state index in [2.05, 4.69) is 43.9 Å². The van der Waals surface area contributed by atoms with Gasteiger partial charge in [-0.15, -0.1) is 0 Å². The highest BCUT2D eigenvalue weighted by atomic mass is 16.5. The van der Waals surface area contributed by atoms with Gasteiger partial charge in [0.2, 0.25) is 11.8 Å². The minimum Gasteiger partial charge on any atom is -0.477 e. The van der Waals surface area contributed by atoms with Gasteiger partial charge >= 0.3 is 0 Å². The third-order valence-corrected chi connectivity index (χ3v) is 4.86. The highest BCUT2D eigenvalue weighted by Crippen LogP contribution is 2.31. The van der Waals surface area contributed by atoms with Crippen molar-refractivity contribution in [3.8, 4) is 5.88 Å². The lowest BCUT2D eigenvalue weighted by Gasteiger charge is -2.30. The van der Waals surface area contributed by atoms with Gasteiger partial charge in [0, 0.05) is 18.7 Å². The highest BCUT2D eigenvalue weighted by molar-refractivity contribution is 5.82. The summed E-state index contributed by atoms with van der Waals surface area (Å²) in [5, 5.41) is 8.77. The van der Waals surface area contributed by atoms with E-state index in [1.54, 1.807) is 0 Å². The lowest BCUT2D eigenvalue weighted by molar-refractivity contribution is 0.0244. The molecular weight excluding hydrogens is 332 g/mol. The molecule has 1 fully saturated rings. The molecule has 4 rings (SSSR count). The number of nitrogens with zero attached hydrogens (tertiary/aromatic N) is 4. The Morgan fingerprint density at radius 2 is 2.31 bits per heavy atom. The molecule has 1 saturated heterocycles. The van der Waals surface area contributed by atoms with E-state index in [0.29, 0.717) is 30.4 Å². The number of aromatic nitrogens is 5. The molecule has 0 aromatic carbocycles. The van der Waals surface area contributed by atoms with Gasteiger partial charge < -0.3 is 19.8 Å². The van der Waals surface area contributed by atoms with Gasteiger partial charge in [0.15, 0.2) is 0 Å². The van der Waals surface area contributed by atoms with Gasteiger partial charge in [-0.1, -0.05) is 6.92 Å². The van der Waals surface area contributed by atoms with Crippen molar-refractivity contribution in [2.24, 2.45) is 5.92 Å². The normalized spacial score (nSPS) is 20.4. The van der Waals surface area contributed by atoms with E-state index in [-0.39, 0.29) is 0 Å². The SMILES string of the molecule is CCOc1nc(Nc2cnn(C3CCOCC3C)c2C)nc2[nH]ccc12. The maximum atomic E-state index is 5.65. The zero-order valence-electron chi connectivity index (χ0n) is 15.3. The summed E-state index contributed by atoms with van der Waals surface area (Å²) < 4.78 is 13.3. The van der Waals surface area contributed by atoms with Crippen LogP contribution in [0.5, 0.6) is 5.88 Å². The predicted octanol–water partition coefficient (Wildman–Crippen LogP) is 3.20. The first-order valence-electron chi connectivity index (χ1n) is 9.04. The van der Waals surface area contributed by atoms with Crippen LogP contribution < -0.4 is 10.1 Å². The highest BCUT2D eigenvalue weighted by Gasteiger charge is 2.26. The summed E-state index contributed by atoms with van der Waals surface area (Å²) in [5.74, 6) is 1.50. The van der Waals surface area contributed by atoms with Crippen LogP contribution in [0.25, 0.3) is 11.0 Å². The number of fused-ring (bicyclic) bond motifs is 1. The lowest BCUT2D eigenvalue weighted by atomic mass is 9.98. The summed E-state index contributed by atoms with van der Waals surface area (Å²) >= 11 is 0. The number of hydrogen-bond acceptors (Lipinski definition) is 6. The fraction of sp³-hybridized carbons (Fsp3) is 0.500. The van der Waals surface area contributed by atoms with Gasteiger partial charge in [-0.05, 0) is 26.3 Å². The number of aromatic amines is 1. The second-order valence-electron chi connectivity index (χ2n) is 6.65. The van der Waals surface area contributed by atoms with Gasteiger partial charge in [-0.3, -0.25) is 4.68 Å². The summed E-state index contributed by atoms with van der Waals surface area (Å²) in [6.45, 7) is 8.31. The minimum atomic E-state index is 0.352. The Morgan fingerprint density at radius 1 is 1.42 bits per heavy atom. The number of H-pyrrole nitrogens is 1. The molecule has 0 radical (unpaired) electrons. The molecule has 2 N–H and O–H groups in total. The molecule has 0 aliphatic carbocycles. The van der Waals surface area contributed by atoms with E-state index in [9.17, 15) is 0 Å². The second-order valence-corrected chi connectivity index (χ2v) is 6.65. The molecule has 8 heteroatoms. The van der Waals surface area contributed by atoms with Crippen molar-refractivity contribution in [3.63, 3.8) is 0 Å². The van der Waals surface area contributed by atoms with Crippen LogP contribution in [0.2, 0.25) is 0 Å². The van der Waals surface area contributed by atoms with E-state index >= 15 is 0 Å². The number of hydrogen-bond donors (Lipinski definition) is 2. The summed E-state index contributed by atoms with van der Waals surface area (Å²) in [6, 6.07) is 2.27. The zero-order chi connectivity index (χ0) is 18.1. The zero-order valence-corrected chi connectivity index (χ0v) is 15.3. The Morgan fingerprint density at radius 3 is 3.12 bits per heavy atom. The van der Waals surface area contributed by atoms with Crippen LogP contribution in [0.15, 0.2) is 18.5 Å². The molecule has 26 heavy (non-hydrogen) atoms. The maximum absolute atomic E-state index is 5.65. The van der Waals surface area contributed by atoms with Gasteiger partial charge in [0.05, 0.1) is 42.2 Å². The molecule has 0 saturated carbocycles. The molecule has 4 heterocycles. The standard InChI is InChI=1S/C18H24N6O2/c1-4-26-17-13-5-7-19-16(13)22-18(23-17)21-14-9-20-24(12(14)3)15-6-8-25-10-11(15)2/h5,7,9,11,15H,4,6,8,10H2,1-3H3,(H2,19,21,22,23). The maximum Gasteiger partial charge on any atom is 0.232 e. The van der Waals surface area contributed by atoms with Crippen LogP contribution in [-0.4, -0.2) is 44.6 Å². The molecule has 3 aromatic heterocycles. The largest absolute Gasteiger partial charge is 0.477 e. The van der Waals surface area contributed by atoms with Crippen molar-refractivity contribution in [1.82, 2.24) is 24.7 Å². The van der Waals surface area contributed by atoms with Crippen LogP contribution in [0, 0.1) is 12.8 Å². The monoisotopic (exact) mass is 356 g/mol. The molecule has 2 unspecified atom stereocenters. The van der Waals surface area contributed by atoms with Crippen molar-refractivity contribution in [3.05, 3.63) is 24.2 Å². The average Bonchev–Trinajstić information content (AvgIpc) is 3.24. The van der Waals surface area contributed by atoms with Crippen molar-refractivity contribution < 1.29 is 9.47 Å². The van der Waals surface area contributed by atoms with Crippen molar-refractivity contribution in [2.75, 3.05) is 25.1 Å². The van der Waals surface area contributed by atoms with Crippen LogP contribution >= 0.6 is 0 Å². The topological polar surface area (TPSA) is 89.9 Å². The number of anilines is 2. The van der Waals surface area contributed by atoms with E-state index in [1.165, 1.54) is 0 Å². The molecule has 8 nitrogen and oxygen atoms in total. The Kier molecular flexibility index (Phi) is 4.50. The van der Waals surface area contributed by atoms with Crippen molar-refractivity contribution in [2.45, 2.75) is 33.2 Å². The average molecular weight is 356 g/mol. The fourth-order valence-electron chi connectivity index (χ4n) is 3.45. The summed E-state index contributed by atoms with van der Waals surface area (Å²) in [7, 11) is 0. The van der Waals surface area contributed by atoms with Crippen LogP contribution in [0.1, 0.15) is 32.0 Å². The Hall–Kier alpha value is -2.61. The fourth-order valence-corrected chi connectivity index (χ4v) is 3.45. The number of ether oxygens (including phenoxy) is 2. The minimum absolute atomic E-state index is 0.352. The van der Waals surface area contributed by atoms with E-state index < -0.39 is 0 Å². The number of rotatable bonds is 5. The second kappa shape index (κ2) is 6.95. The molecule has 3 aromatic rings. The number of nitrogens with one attached hydrogen (secondary N) is 2. The Balaban J connectivity index is 1.62. The molecule has 2 atom stereocenters. The third-order valence-electron chi connectivity index (χ3n) is 4.86. The molecule has 0 bridgehead atoms. The quantitative estimate of drug-likeness (QED) is 0.730. The molecule has 1 aliphatic rings. The van der Waals surface area contributed by atoms with Crippen molar-refractivity contribution >= 4 is 22.7 Å². The summed E-state index contributed by atoms with van der Waals surface area (Å²) in [5.41, 5.74) is 2.71. The molecule has 138 valence electrons. The molecule has 0 spiro atoms. The molecular formula is C18H24N6O2. The van der Waals surface area contributed by atoms with Gasteiger partial charge in [-0.2, -0.15) is 15.1 Å². The molecule has 1 aliphatic heterocycles. The van der Waals surface area contributed by atoms with Crippen LogP contribution in [0.3, 0.4) is 0 Å². The summed E-state index contributed by atoms with van der Waals surface area (Å²) in [4.78, 5) is 12.2. The third kappa shape index (κ3) is 3.01. The smallest absolute Gasteiger partial charge is 0.232 e.